The Morgan fingerprint density at radius 2 is 1.87 bits per heavy atom. The lowest BCUT2D eigenvalue weighted by molar-refractivity contribution is 0.184. The minimum Gasteiger partial charge on any atom is -0.319 e. The van der Waals surface area contributed by atoms with Crippen LogP contribution in [-0.4, -0.2) is 4.57 Å². The van der Waals surface area contributed by atoms with Crippen LogP contribution in [0.5, 0.6) is 0 Å². The Kier molecular flexibility index (Phi) is 2.57. The van der Waals surface area contributed by atoms with Crippen LogP contribution in [0.25, 0.3) is 0 Å². The van der Waals surface area contributed by atoms with Gasteiger partial charge in [0.1, 0.15) is 0 Å². The summed E-state index contributed by atoms with van der Waals surface area (Å²) in [6.45, 7) is 4.46. The van der Waals surface area contributed by atoms with Gasteiger partial charge in [0.25, 0.3) is 0 Å². The van der Waals surface area contributed by atoms with E-state index in [0.717, 1.165) is 25.7 Å². The first-order valence-corrected chi connectivity index (χ1v) is 5.51. The minimum absolute atomic E-state index is 0.141. The third kappa shape index (κ3) is 2.06. The first-order valence-electron chi connectivity index (χ1n) is 5.51. The van der Waals surface area contributed by atoms with Crippen LogP contribution in [0.15, 0.2) is 12.3 Å². The number of halogens is 2. The fourth-order valence-corrected chi connectivity index (χ4v) is 2.35. The topological polar surface area (TPSA) is 4.93 Å². The van der Waals surface area contributed by atoms with E-state index < -0.39 is 11.8 Å². The Morgan fingerprint density at radius 1 is 1.27 bits per heavy atom. The smallest absolute Gasteiger partial charge is 0.230 e. The predicted molar refractivity (Wildman–Crippen MR) is 55.6 cm³/mol. The van der Waals surface area contributed by atoms with Crippen molar-refractivity contribution in [1.82, 2.24) is 4.57 Å². The Morgan fingerprint density at radius 3 is 2.33 bits per heavy atom. The molecule has 1 fully saturated rings. The average Bonchev–Trinajstić information content (AvgIpc) is 2.49. The molecule has 15 heavy (non-hydrogen) atoms. The van der Waals surface area contributed by atoms with Crippen LogP contribution in [0.1, 0.15) is 45.6 Å². The van der Waals surface area contributed by atoms with Crippen molar-refractivity contribution in [3.05, 3.63) is 24.0 Å². The SMILES string of the molecule is CC1(C)CCC(n2ccc(F)c2F)CC1. The largest absolute Gasteiger partial charge is 0.319 e. The van der Waals surface area contributed by atoms with E-state index >= 15 is 0 Å². The Bertz CT molecular complexity index is 345. The number of nitrogens with zero attached hydrogens (tertiary/aromatic N) is 1. The van der Waals surface area contributed by atoms with Crippen LogP contribution in [0.4, 0.5) is 8.78 Å². The summed E-state index contributed by atoms with van der Waals surface area (Å²) in [6.07, 6.45) is 5.57. The Balaban J connectivity index is 2.11. The van der Waals surface area contributed by atoms with Gasteiger partial charge in [0.2, 0.25) is 5.95 Å². The zero-order valence-corrected chi connectivity index (χ0v) is 9.26. The molecule has 3 heteroatoms. The molecule has 1 aliphatic carbocycles. The normalized spacial score (nSPS) is 21.9. The van der Waals surface area contributed by atoms with E-state index in [4.69, 9.17) is 0 Å². The van der Waals surface area contributed by atoms with Gasteiger partial charge in [-0.15, -0.1) is 0 Å². The maximum atomic E-state index is 13.3. The van der Waals surface area contributed by atoms with E-state index in [1.54, 1.807) is 0 Å². The van der Waals surface area contributed by atoms with Crippen LogP contribution in [0, 0.1) is 17.2 Å². The zero-order valence-electron chi connectivity index (χ0n) is 9.26. The lowest BCUT2D eigenvalue weighted by Crippen LogP contribution is -2.23. The van der Waals surface area contributed by atoms with E-state index in [9.17, 15) is 8.78 Å². The van der Waals surface area contributed by atoms with Crippen LogP contribution >= 0.6 is 0 Å². The van der Waals surface area contributed by atoms with E-state index in [0.29, 0.717) is 5.41 Å². The summed E-state index contributed by atoms with van der Waals surface area (Å²) in [5.41, 5.74) is 0.360. The minimum atomic E-state index is -0.736. The summed E-state index contributed by atoms with van der Waals surface area (Å²) in [5, 5.41) is 0. The molecule has 2 rings (SSSR count). The second-order valence-electron chi connectivity index (χ2n) is 5.26. The van der Waals surface area contributed by atoms with Gasteiger partial charge in [-0.1, -0.05) is 13.8 Å². The summed E-state index contributed by atoms with van der Waals surface area (Å²) in [6, 6.07) is 1.34. The number of aromatic nitrogens is 1. The van der Waals surface area contributed by atoms with Crippen LogP contribution < -0.4 is 0 Å². The summed E-state index contributed by atoms with van der Waals surface area (Å²) < 4.78 is 27.6. The van der Waals surface area contributed by atoms with Gasteiger partial charge >= 0.3 is 0 Å². The molecule has 0 unspecified atom stereocenters. The maximum absolute atomic E-state index is 13.3. The summed E-state index contributed by atoms with van der Waals surface area (Å²) in [5.74, 6) is -1.44. The molecule has 0 N–H and O–H groups in total. The van der Waals surface area contributed by atoms with Gasteiger partial charge in [-0.05, 0) is 37.2 Å². The first kappa shape index (κ1) is 10.7. The van der Waals surface area contributed by atoms with Crippen molar-refractivity contribution < 1.29 is 8.78 Å². The molecule has 1 saturated carbocycles. The molecule has 1 aromatic heterocycles. The average molecular weight is 213 g/mol. The van der Waals surface area contributed by atoms with Crippen molar-refractivity contribution >= 4 is 0 Å². The number of hydrogen-bond donors (Lipinski definition) is 0. The van der Waals surface area contributed by atoms with Gasteiger partial charge in [-0.3, -0.25) is 0 Å². The third-order valence-electron chi connectivity index (χ3n) is 3.51. The van der Waals surface area contributed by atoms with Crippen molar-refractivity contribution in [2.75, 3.05) is 0 Å². The van der Waals surface area contributed by atoms with Gasteiger partial charge in [-0.25, -0.2) is 4.39 Å². The summed E-state index contributed by atoms with van der Waals surface area (Å²) in [7, 11) is 0. The fourth-order valence-electron chi connectivity index (χ4n) is 2.35. The van der Waals surface area contributed by atoms with Crippen LogP contribution in [-0.2, 0) is 0 Å². The van der Waals surface area contributed by atoms with Gasteiger partial charge in [0, 0.05) is 12.2 Å². The van der Waals surface area contributed by atoms with Crippen molar-refractivity contribution in [1.29, 1.82) is 0 Å². The molecule has 84 valence electrons. The highest BCUT2D eigenvalue weighted by Crippen LogP contribution is 2.40. The molecule has 0 bridgehead atoms. The van der Waals surface area contributed by atoms with Crippen molar-refractivity contribution in [2.45, 2.75) is 45.6 Å². The summed E-state index contributed by atoms with van der Waals surface area (Å²) in [4.78, 5) is 0. The standard InChI is InChI=1S/C12H17F2N/c1-12(2)6-3-9(4-7-12)15-8-5-10(13)11(15)14/h5,8-9H,3-4,6-7H2,1-2H3. The Labute approximate surface area is 89.1 Å². The quantitative estimate of drug-likeness (QED) is 0.666. The van der Waals surface area contributed by atoms with E-state index in [1.165, 1.54) is 16.8 Å². The molecule has 1 aromatic rings. The molecule has 0 amide bonds. The highest BCUT2D eigenvalue weighted by molar-refractivity contribution is 5.00. The lowest BCUT2D eigenvalue weighted by Gasteiger charge is -2.35. The lowest BCUT2D eigenvalue weighted by atomic mass is 9.75. The van der Waals surface area contributed by atoms with Crippen molar-refractivity contribution in [3.63, 3.8) is 0 Å². The number of hydrogen-bond acceptors (Lipinski definition) is 0. The molecule has 0 saturated heterocycles. The van der Waals surface area contributed by atoms with E-state index in [2.05, 4.69) is 13.8 Å². The predicted octanol–water partition coefficient (Wildman–Crippen LogP) is 3.91. The van der Waals surface area contributed by atoms with Gasteiger partial charge in [0.15, 0.2) is 5.82 Å². The van der Waals surface area contributed by atoms with Gasteiger partial charge in [-0.2, -0.15) is 4.39 Å². The molecule has 0 atom stereocenters. The van der Waals surface area contributed by atoms with Gasteiger partial charge < -0.3 is 4.57 Å². The Hall–Kier alpha value is -0.860. The molecule has 0 radical (unpaired) electrons. The highest BCUT2D eigenvalue weighted by atomic mass is 19.2. The molecule has 1 heterocycles. The molecule has 1 nitrogen and oxygen atoms in total. The number of rotatable bonds is 1. The monoisotopic (exact) mass is 213 g/mol. The van der Waals surface area contributed by atoms with Crippen LogP contribution in [0.3, 0.4) is 0 Å². The second kappa shape index (κ2) is 3.62. The fraction of sp³-hybridized carbons (Fsp3) is 0.667. The molecular weight excluding hydrogens is 196 g/mol. The van der Waals surface area contributed by atoms with Crippen LogP contribution in [0.2, 0.25) is 0 Å². The second-order valence-corrected chi connectivity index (χ2v) is 5.26. The van der Waals surface area contributed by atoms with E-state index in [-0.39, 0.29) is 6.04 Å². The molecule has 1 aliphatic rings. The molecule has 0 aromatic carbocycles. The van der Waals surface area contributed by atoms with E-state index in [1.807, 2.05) is 0 Å². The zero-order chi connectivity index (χ0) is 11.1. The molecule has 0 spiro atoms. The first-order chi connectivity index (χ1) is 6.99. The summed E-state index contributed by atoms with van der Waals surface area (Å²) >= 11 is 0. The molecular formula is C12H17F2N. The molecule has 0 aliphatic heterocycles. The third-order valence-corrected chi connectivity index (χ3v) is 3.51. The van der Waals surface area contributed by atoms with Crippen molar-refractivity contribution in [2.24, 2.45) is 5.41 Å². The van der Waals surface area contributed by atoms with Gasteiger partial charge in [0.05, 0.1) is 0 Å². The van der Waals surface area contributed by atoms with Crippen molar-refractivity contribution in [3.8, 4) is 0 Å². The highest BCUT2D eigenvalue weighted by Gasteiger charge is 2.28. The maximum Gasteiger partial charge on any atom is 0.230 e.